The predicted molar refractivity (Wildman–Crippen MR) is 59.5 cm³/mol. The molecule has 0 bridgehead atoms. The number of halogens is 4. The SMILES string of the molecule is O=C1CC(Oc2ccc(OC(F)(F)F)c(Br)c2)C1. The molecule has 1 fully saturated rings. The minimum atomic E-state index is -4.73. The van der Waals surface area contributed by atoms with Crippen LogP contribution in [0.1, 0.15) is 12.8 Å². The smallest absolute Gasteiger partial charge is 0.489 e. The molecule has 0 aromatic heterocycles. The highest BCUT2D eigenvalue weighted by Gasteiger charge is 2.32. The topological polar surface area (TPSA) is 35.5 Å². The van der Waals surface area contributed by atoms with Crippen molar-refractivity contribution in [3.8, 4) is 11.5 Å². The van der Waals surface area contributed by atoms with Gasteiger partial charge in [0.05, 0.1) is 4.47 Å². The van der Waals surface area contributed by atoms with Gasteiger partial charge in [-0.15, -0.1) is 13.2 Å². The lowest BCUT2D eigenvalue weighted by Gasteiger charge is -2.25. The van der Waals surface area contributed by atoms with Crippen LogP contribution in [-0.2, 0) is 4.79 Å². The molecule has 0 amide bonds. The molecule has 1 aromatic carbocycles. The van der Waals surface area contributed by atoms with Crippen LogP contribution in [-0.4, -0.2) is 18.2 Å². The maximum atomic E-state index is 12.0. The second kappa shape index (κ2) is 4.79. The van der Waals surface area contributed by atoms with Gasteiger partial charge in [0.15, 0.2) is 0 Å². The molecule has 18 heavy (non-hydrogen) atoms. The number of benzene rings is 1. The Kier molecular flexibility index (Phi) is 3.52. The van der Waals surface area contributed by atoms with E-state index < -0.39 is 6.36 Å². The number of Topliss-reactive ketones (excluding diaryl/α,β-unsaturated/α-hetero) is 1. The number of hydrogen-bond donors (Lipinski definition) is 0. The van der Waals surface area contributed by atoms with E-state index in [1.54, 1.807) is 0 Å². The fourth-order valence-corrected chi connectivity index (χ4v) is 1.92. The number of hydrogen-bond acceptors (Lipinski definition) is 3. The zero-order valence-corrected chi connectivity index (χ0v) is 10.5. The van der Waals surface area contributed by atoms with E-state index in [0.717, 1.165) is 6.07 Å². The van der Waals surface area contributed by atoms with Crippen molar-refractivity contribution in [1.29, 1.82) is 0 Å². The van der Waals surface area contributed by atoms with Crippen LogP contribution >= 0.6 is 15.9 Å². The quantitative estimate of drug-likeness (QED) is 0.854. The molecule has 3 nitrogen and oxygen atoms in total. The first kappa shape index (κ1) is 13.2. The van der Waals surface area contributed by atoms with Crippen LogP contribution in [0.15, 0.2) is 22.7 Å². The number of ketones is 1. The Bertz CT molecular complexity index is 465. The average Bonchev–Trinajstić information content (AvgIpc) is 2.18. The first-order valence-corrected chi connectivity index (χ1v) is 5.86. The minimum Gasteiger partial charge on any atom is -0.489 e. The highest BCUT2D eigenvalue weighted by atomic mass is 79.9. The molecule has 0 N–H and O–H groups in total. The summed E-state index contributed by atoms with van der Waals surface area (Å²) in [6.07, 6.45) is -4.22. The first-order chi connectivity index (χ1) is 8.33. The summed E-state index contributed by atoms with van der Waals surface area (Å²) < 4.78 is 45.4. The van der Waals surface area contributed by atoms with Gasteiger partial charge in [0, 0.05) is 12.8 Å². The Labute approximate surface area is 109 Å². The van der Waals surface area contributed by atoms with Gasteiger partial charge in [0.2, 0.25) is 0 Å². The molecular formula is C11H8BrF3O3. The van der Waals surface area contributed by atoms with E-state index in [4.69, 9.17) is 4.74 Å². The summed E-state index contributed by atoms with van der Waals surface area (Å²) >= 11 is 2.97. The summed E-state index contributed by atoms with van der Waals surface area (Å²) in [5, 5.41) is 0. The molecule has 1 aromatic rings. The summed E-state index contributed by atoms with van der Waals surface area (Å²) in [6.45, 7) is 0. The molecule has 0 spiro atoms. The van der Waals surface area contributed by atoms with Crippen LogP contribution in [0.25, 0.3) is 0 Å². The highest BCUT2D eigenvalue weighted by Crippen LogP contribution is 2.34. The number of ether oxygens (including phenoxy) is 2. The minimum absolute atomic E-state index is 0.121. The summed E-state index contributed by atoms with van der Waals surface area (Å²) in [4.78, 5) is 10.7. The van der Waals surface area contributed by atoms with E-state index in [2.05, 4.69) is 20.7 Å². The number of rotatable bonds is 3. The third-order valence-corrected chi connectivity index (χ3v) is 2.96. The van der Waals surface area contributed by atoms with Crippen molar-refractivity contribution in [2.75, 3.05) is 0 Å². The van der Waals surface area contributed by atoms with E-state index in [-0.39, 0.29) is 22.1 Å². The van der Waals surface area contributed by atoms with Crippen molar-refractivity contribution in [3.05, 3.63) is 22.7 Å². The number of alkyl halides is 3. The lowest BCUT2D eigenvalue weighted by atomic mass is 9.94. The fraction of sp³-hybridized carbons (Fsp3) is 0.364. The Balaban J connectivity index is 2.03. The van der Waals surface area contributed by atoms with Crippen molar-refractivity contribution in [3.63, 3.8) is 0 Å². The molecule has 0 heterocycles. The largest absolute Gasteiger partial charge is 0.573 e. The lowest BCUT2D eigenvalue weighted by Crippen LogP contribution is -2.33. The standard InChI is InChI=1S/C11H8BrF3O3/c12-9-5-7(17-8-3-6(16)4-8)1-2-10(9)18-11(13,14)15/h1-2,5,8H,3-4H2. The van der Waals surface area contributed by atoms with Gasteiger partial charge in [0.1, 0.15) is 23.4 Å². The monoisotopic (exact) mass is 324 g/mol. The molecule has 1 aliphatic rings. The predicted octanol–water partition coefficient (Wildman–Crippen LogP) is 3.46. The van der Waals surface area contributed by atoms with E-state index in [0.29, 0.717) is 18.6 Å². The maximum absolute atomic E-state index is 12.0. The molecule has 1 saturated carbocycles. The second-order valence-corrected chi connectivity index (χ2v) is 4.68. The van der Waals surface area contributed by atoms with Gasteiger partial charge in [-0.1, -0.05) is 0 Å². The van der Waals surface area contributed by atoms with Crippen LogP contribution in [0.4, 0.5) is 13.2 Å². The number of carbonyl (C=O) groups is 1. The van der Waals surface area contributed by atoms with Crippen LogP contribution in [0.5, 0.6) is 11.5 Å². The van der Waals surface area contributed by atoms with Crippen molar-refractivity contribution in [2.24, 2.45) is 0 Å². The Morgan fingerprint density at radius 1 is 1.28 bits per heavy atom. The second-order valence-electron chi connectivity index (χ2n) is 3.83. The molecule has 7 heteroatoms. The zero-order valence-electron chi connectivity index (χ0n) is 8.96. The normalized spacial score (nSPS) is 16.3. The summed E-state index contributed by atoms with van der Waals surface area (Å²) in [7, 11) is 0. The van der Waals surface area contributed by atoms with Gasteiger partial charge in [-0.2, -0.15) is 0 Å². The molecule has 0 saturated heterocycles. The van der Waals surface area contributed by atoms with Crippen molar-refractivity contribution < 1.29 is 27.4 Å². The van der Waals surface area contributed by atoms with Gasteiger partial charge >= 0.3 is 6.36 Å². The van der Waals surface area contributed by atoms with Crippen molar-refractivity contribution in [1.82, 2.24) is 0 Å². The molecule has 0 aliphatic heterocycles. The van der Waals surface area contributed by atoms with E-state index in [1.165, 1.54) is 12.1 Å². The molecule has 0 unspecified atom stereocenters. The fourth-order valence-electron chi connectivity index (χ4n) is 1.49. The van der Waals surface area contributed by atoms with Gasteiger partial charge < -0.3 is 9.47 Å². The van der Waals surface area contributed by atoms with Gasteiger partial charge in [-0.05, 0) is 34.1 Å². The van der Waals surface area contributed by atoms with Crippen molar-refractivity contribution >= 4 is 21.7 Å². The first-order valence-electron chi connectivity index (χ1n) is 5.07. The average molecular weight is 325 g/mol. The third kappa shape index (κ3) is 3.38. The summed E-state index contributed by atoms with van der Waals surface area (Å²) in [6, 6.07) is 3.91. The molecule has 1 aliphatic carbocycles. The highest BCUT2D eigenvalue weighted by molar-refractivity contribution is 9.10. The molecule has 98 valence electrons. The maximum Gasteiger partial charge on any atom is 0.573 e. The van der Waals surface area contributed by atoms with Crippen molar-refractivity contribution in [2.45, 2.75) is 25.3 Å². The van der Waals surface area contributed by atoms with E-state index >= 15 is 0 Å². The number of carbonyl (C=O) groups excluding carboxylic acids is 1. The van der Waals surface area contributed by atoms with Gasteiger partial charge in [0.25, 0.3) is 0 Å². The summed E-state index contributed by atoms with van der Waals surface area (Å²) in [5.74, 6) is 0.185. The molecule has 0 radical (unpaired) electrons. The van der Waals surface area contributed by atoms with Gasteiger partial charge in [-0.3, -0.25) is 4.79 Å². The van der Waals surface area contributed by atoms with Crippen LogP contribution in [0, 0.1) is 0 Å². The lowest BCUT2D eigenvalue weighted by molar-refractivity contribution is -0.274. The van der Waals surface area contributed by atoms with Crippen LogP contribution < -0.4 is 9.47 Å². The Morgan fingerprint density at radius 2 is 1.94 bits per heavy atom. The van der Waals surface area contributed by atoms with Gasteiger partial charge in [-0.25, -0.2) is 0 Å². The van der Waals surface area contributed by atoms with Crippen LogP contribution in [0.3, 0.4) is 0 Å². The third-order valence-electron chi connectivity index (χ3n) is 2.34. The Hall–Kier alpha value is -1.24. The van der Waals surface area contributed by atoms with E-state index in [9.17, 15) is 18.0 Å². The molecule has 2 rings (SSSR count). The molecule has 0 atom stereocenters. The Morgan fingerprint density at radius 3 is 2.44 bits per heavy atom. The van der Waals surface area contributed by atoms with E-state index in [1.807, 2.05) is 0 Å². The molecular weight excluding hydrogens is 317 g/mol. The summed E-state index contributed by atoms with van der Waals surface area (Å²) in [5.41, 5.74) is 0. The zero-order chi connectivity index (χ0) is 13.3. The van der Waals surface area contributed by atoms with Crippen LogP contribution in [0.2, 0.25) is 0 Å².